The van der Waals surface area contributed by atoms with Gasteiger partial charge in [-0.1, -0.05) is 32.1 Å². The molecule has 1 aliphatic rings. The molecule has 0 radical (unpaired) electrons. The predicted octanol–water partition coefficient (Wildman–Crippen LogP) is 6.07. The van der Waals surface area contributed by atoms with Crippen molar-refractivity contribution in [1.29, 1.82) is 5.41 Å². The number of allylic oxidation sites excluding steroid dienone is 2. The summed E-state index contributed by atoms with van der Waals surface area (Å²) in [6.45, 7) is 9.01. The van der Waals surface area contributed by atoms with E-state index >= 15 is 0 Å². The summed E-state index contributed by atoms with van der Waals surface area (Å²) in [4.78, 5) is 4.66. The van der Waals surface area contributed by atoms with Crippen molar-refractivity contribution in [3.05, 3.63) is 52.9 Å². The Labute approximate surface area is 181 Å². The minimum Gasteiger partial charge on any atom is -0.390 e. The van der Waals surface area contributed by atoms with E-state index in [1.165, 1.54) is 54.9 Å². The molecule has 0 unspecified atom stereocenters. The van der Waals surface area contributed by atoms with E-state index in [1.807, 2.05) is 0 Å². The first-order valence-electron chi connectivity index (χ1n) is 10.3. The van der Waals surface area contributed by atoms with Gasteiger partial charge in [-0.25, -0.2) is 0 Å². The van der Waals surface area contributed by atoms with Crippen LogP contribution in [0.2, 0.25) is 0 Å². The van der Waals surface area contributed by atoms with Gasteiger partial charge >= 0.3 is 0 Å². The van der Waals surface area contributed by atoms with Gasteiger partial charge in [0, 0.05) is 38.6 Å². The van der Waals surface area contributed by atoms with Crippen LogP contribution in [0.5, 0.6) is 0 Å². The predicted molar refractivity (Wildman–Crippen MR) is 131 cm³/mol. The molecule has 0 bridgehead atoms. The molecule has 1 aliphatic heterocycles. The van der Waals surface area contributed by atoms with Gasteiger partial charge in [-0.05, 0) is 72.2 Å². The zero-order valence-corrected chi connectivity index (χ0v) is 19.5. The van der Waals surface area contributed by atoms with Gasteiger partial charge in [0.2, 0.25) is 0 Å². The van der Waals surface area contributed by atoms with Crippen LogP contribution in [0.4, 0.5) is 5.69 Å². The second-order valence-electron chi connectivity index (χ2n) is 7.70. The Hall–Kier alpha value is -2.27. The molecule has 1 aromatic carbocycles. The molecule has 4 nitrogen and oxygen atoms in total. The van der Waals surface area contributed by atoms with Crippen LogP contribution < -0.4 is 10.6 Å². The molecule has 0 amide bonds. The highest BCUT2D eigenvalue weighted by Gasteiger charge is 2.12. The maximum Gasteiger partial charge on any atom is 0.0765 e. The molecule has 0 aliphatic carbocycles. The van der Waals surface area contributed by atoms with E-state index < -0.39 is 0 Å². The molecule has 5 heteroatoms. The van der Waals surface area contributed by atoms with Crippen LogP contribution in [0.15, 0.2) is 52.9 Å². The highest BCUT2D eigenvalue weighted by atomic mass is 32.1. The lowest BCUT2D eigenvalue weighted by atomic mass is 10.1. The van der Waals surface area contributed by atoms with E-state index in [2.05, 4.69) is 97.6 Å². The summed E-state index contributed by atoms with van der Waals surface area (Å²) in [5.74, 6) is 0.758. The first kappa shape index (κ1) is 24.8. The molecular weight excluding hydrogens is 376 g/mol. The molecule has 3 rings (SSSR count). The van der Waals surface area contributed by atoms with Gasteiger partial charge in [0.1, 0.15) is 0 Å². The molecule has 0 atom stereocenters. The Morgan fingerprint density at radius 3 is 2.31 bits per heavy atom. The van der Waals surface area contributed by atoms with Crippen molar-refractivity contribution < 1.29 is 0 Å². The maximum atomic E-state index is 5.86. The molecule has 29 heavy (non-hydrogen) atoms. The third kappa shape index (κ3) is 9.18. The van der Waals surface area contributed by atoms with Gasteiger partial charge in [0.05, 0.1) is 6.34 Å². The number of hydrogen-bond acceptors (Lipinski definition) is 4. The molecule has 2 heterocycles. The number of rotatable bonds is 5. The number of nitrogens with two attached hydrogens (primary N) is 1. The van der Waals surface area contributed by atoms with Crippen LogP contribution in [0, 0.1) is 11.3 Å². The highest BCUT2D eigenvalue weighted by molar-refractivity contribution is 7.08. The molecular formula is C24H38N4S. The van der Waals surface area contributed by atoms with Crippen LogP contribution in [0.3, 0.4) is 0 Å². The first-order chi connectivity index (χ1) is 13.9. The Bertz CT molecular complexity index is 714. The van der Waals surface area contributed by atoms with Crippen molar-refractivity contribution in [2.75, 3.05) is 32.1 Å². The fourth-order valence-corrected chi connectivity index (χ4v) is 3.93. The standard InChI is InChI=1S/C14H15NS.C9H19N.CH4N2/c1-2-8-15(7-1)14-5-3-4-12(10-14)13-6-9-16-11-13;1-6-9(10(4)5)7-8(2)3;2-1-3/h3-6,9-11H,1-2,7-8H2;6,8H,7H2,1-5H3;1H,(H3,2,3)/b;9-6+;. The van der Waals surface area contributed by atoms with Crippen LogP contribution in [-0.2, 0) is 0 Å². The van der Waals surface area contributed by atoms with Crippen molar-refractivity contribution in [1.82, 2.24) is 4.90 Å². The number of anilines is 1. The maximum absolute atomic E-state index is 5.86. The molecule has 160 valence electrons. The average molecular weight is 415 g/mol. The number of nitrogens with zero attached hydrogens (tertiary/aromatic N) is 2. The lowest BCUT2D eigenvalue weighted by Crippen LogP contribution is -2.17. The van der Waals surface area contributed by atoms with Crippen molar-refractivity contribution in [2.24, 2.45) is 11.7 Å². The van der Waals surface area contributed by atoms with E-state index in [0.717, 1.165) is 12.3 Å². The summed E-state index contributed by atoms with van der Waals surface area (Å²) in [5, 5.41) is 10.2. The number of benzene rings is 1. The van der Waals surface area contributed by atoms with Crippen LogP contribution >= 0.6 is 11.3 Å². The van der Waals surface area contributed by atoms with Crippen molar-refractivity contribution >= 4 is 23.4 Å². The topological polar surface area (TPSA) is 56.4 Å². The summed E-state index contributed by atoms with van der Waals surface area (Å²) < 4.78 is 0. The lowest BCUT2D eigenvalue weighted by molar-refractivity contribution is 0.452. The molecule has 1 fully saturated rings. The molecule has 0 saturated carbocycles. The monoisotopic (exact) mass is 414 g/mol. The fraction of sp³-hybridized carbons (Fsp3) is 0.458. The Morgan fingerprint density at radius 1 is 1.21 bits per heavy atom. The summed E-state index contributed by atoms with van der Waals surface area (Å²) in [7, 11) is 4.19. The van der Waals surface area contributed by atoms with E-state index in [0.29, 0.717) is 0 Å². The number of nitrogens with one attached hydrogen (secondary N) is 1. The highest BCUT2D eigenvalue weighted by Crippen LogP contribution is 2.28. The van der Waals surface area contributed by atoms with Crippen molar-refractivity contribution in [2.45, 2.75) is 40.0 Å². The Kier molecular flexibility index (Phi) is 11.8. The average Bonchev–Trinajstić information content (AvgIpc) is 3.41. The van der Waals surface area contributed by atoms with E-state index in [4.69, 9.17) is 5.41 Å². The fourth-order valence-electron chi connectivity index (χ4n) is 3.26. The zero-order chi connectivity index (χ0) is 21.6. The molecule has 1 saturated heterocycles. The second kappa shape index (κ2) is 13.8. The van der Waals surface area contributed by atoms with Gasteiger partial charge in [-0.2, -0.15) is 11.3 Å². The van der Waals surface area contributed by atoms with Crippen LogP contribution in [-0.4, -0.2) is 38.4 Å². The van der Waals surface area contributed by atoms with Crippen LogP contribution in [0.25, 0.3) is 11.1 Å². The van der Waals surface area contributed by atoms with Gasteiger partial charge in [0.15, 0.2) is 0 Å². The van der Waals surface area contributed by atoms with Gasteiger partial charge < -0.3 is 15.5 Å². The van der Waals surface area contributed by atoms with Crippen LogP contribution in [0.1, 0.15) is 40.0 Å². The van der Waals surface area contributed by atoms with Gasteiger partial charge in [-0.15, -0.1) is 0 Å². The van der Waals surface area contributed by atoms with Gasteiger partial charge in [0.25, 0.3) is 0 Å². The summed E-state index contributed by atoms with van der Waals surface area (Å²) >= 11 is 1.76. The quantitative estimate of drug-likeness (QED) is 0.461. The van der Waals surface area contributed by atoms with E-state index in [1.54, 1.807) is 11.3 Å². The lowest BCUT2D eigenvalue weighted by Gasteiger charge is -2.18. The molecule has 2 aromatic rings. The summed E-state index contributed by atoms with van der Waals surface area (Å²) in [5.41, 5.74) is 9.87. The molecule has 1 aromatic heterocycles. The Balaban J connectivity index is 0.000000281. The summed E-state index contributed by atoms with van der Waals surface area (Å²) in [6, 6.07) is 11.1. The molecule has 3 N–H and O–H groups in total. The zero-order valence-electron chi connectivity index (χ0n) is 18.7. The van der Waals surface area contributed by atoms with E-state index in [9.17, 15) is 0 Å². The van der Waals surface area contributed by atoms with Crippen molar-refractivity contribution in [3.8, 4) is 11.1 Å². The summed E-state index contributed by atoms with van der Waals surface area (Å²) in [6.07, 6.45) is 6.79. The second-order valence-corrected chi connectivity index (χ2v) is 8.48. The van der Waals surface area contributed by atoms with Crippen molar-refractivity contribution in [3.63, 3.8) is 0 Å². The minimum atomic E-state index is 0.750. The third-order valence-corrected chi connectivity index (χ3v) is 5.38. The van der Waals surface area contributed by atoms with Gasteiger partial charge in [-0.3, -0.25) is 5.41 Å². The minimum absolute atomic E-state index is 0.750. The smallest absolute Gasteiger partial charge is 0.0765 e. The SMILES string of the molecule is C/C=C(\CC(C)C)N(C)C.N=CN.c1cc(-c2ccsc2)cc(N2CCCC2)c1. The number of hydrogen-bond donors (Lipinski definition) is 2. The first-order valence-corrected chi connectivity index (χ1v) is 11.3. The largest absolute Gasteiger partial charge is 0.390 e. The molecule has 0 spiro atoms. The Morgan fingerprint density at radius 2 is 1.86 bits per heavy atom. The number of thiophene rings is 1. The normalized spacial score (nSPS) is 13.3. The third-order valence-electron chi connectivity index (χ3n) is 4.70. The van der Waals surface area contributed by atoms with E-state index in [-0.39, 0.29) is 0 Å².